The average Bonchev–Trinajstić information content (AvgIpc) is 2.93. The third-order valence-electron chi connectivity index (χ3n) is 3.93. The van der Waals surface area contributed by atoms with Crippen LogP contribution in [0.25, 0.3) is 0 Å². The Morgan fingerprint density at radius 3 is 2.67 bits per heavy atom. The molecule has 2 rings (SSSR count). The summed E-state index contributed by atoms with van der Waals surface area (Å²) in [6, 6.07) is 8.02. The highest BCUT2D eigenvalue weighted by Crippen LogP contribution is 2.20. The summed E-state index contributed by atoms with van der Waals surface area (Å²) in [4.78, 5) is 2.41. The van der Waals surface area contributed by atoms with E-state index in [1.165, 1.54) is 24.3 Å². The lowest BCUT2D eigenvalue weighted by Gasteiger charge is -2.15. The fourth-order valence-corrected chi connectivity index (χ4v) is 3.92. The summed E-state index contributed by atoms with van der Waals surface area (Å²) in [5.74, 6) is 0.567. The molecule has 1 unspecified atom stereocenters. The van der Waals surface area contributed by atoms with E-state index in [0.717, 1.165) is 25.9 Å². The number of sulfone groups is 1. The molecular formula is C15H20N2O3S. The van der Waals surface area contributed by atoms with Crippen LogP contribution in [0.2, 0.25) is 0 Å². The van der Waals surface area contributed by atoms with E-state index in [2.05, 4.69) is 4.90 Å². The molecule has 1 N–H and O–H groups in total. The van der Waals surface area contributed by atoms with E-state index in [1.807, 2.05) is 6.07 Å². The second kappa shape index (κ2) is 7.03. The van der Waals surface area contributed by atoms with Crippen molar-refractivity contribution in [2.75, 3.05) is 32.0 Å². The Hall–Kier alpha value is -1.42. The van der Waals surface area contributed by atoms with Crippen LogP contribution in [0.5, 0.6) is 0 Å². The molecule has 0 radical (unpaired) electrons. The quantitative estimate of drug-likeness (QED) is 0.849. The van der Waals surface area contributed by atoms with Crippen molar-refractivity contribution in [3.8, 4) is 6.07 Å². The minimum atomic E-state index is -3.30. The minimum absolute atomic E-state index is 0.0880. The number of aliphatic hydroxyl groups is 1. The summed E-state index contributed by atoms with van der Waals surface area (Å²) in [7, 11) is -3.30. The molecular weight excluding hydrogens is 288 g/mol. The van der Waals surface area contributed by atoms with E-state index in [4.69, 9.17) is 10.4 Å². The average molecular weight is 308 g/mol. The Balaban J connectivity index is 1.91. The first-order valence-corrected chi connectivity index (χ1v) is 8.76. The van der Waals surface area contributed by atoms with Crippen molar-refractivity contribution in [2.24, 2.45) is 5.92 Å². The van der Waals surface area contributed by atoms with Gasteiger partial charge in [0.05, 0.1) is 22.3 Å². The number of likely N-dealkylation sites (tertiary alicyclic amines) is 1. The standard InChI is InChI=1S/C15H20N2O3S/c16-11-13-1-3-15(4-2-13)21(19,20)10-8-17-7-5-14(12-17)6-9-18/h1-4,14,18H,5-10,12H2. The second-order valence-corrected chi connectivity index (χ2v) is 7.53. The molecule has 0 aromatic heterocycles. The third-order valence-corrected chi connectivity index (χ3v) is 5.64. The zero-order chi connectivity index (χ0) is 15.3. The summed E-state index contributed by atoms with van der Waals surface area (Å²) in [5.41, 5.74) is 0.459. The van der Waals surface area contributed by atoms with Gasteiger partial charge in [-0.15, -0.1) is 0 Å². The maximum atomic E-state index is 12.2. The van der Waals surface area contributed by atoms with Crippen LogP contribution in [0, 0.1) is 17.2 Å². The zero-order valence-corrected chi connectivity index (χ0v) is 12.7. The number of hydrogen-bond donors (Lipinski definition) is 1. The summed E-state index contributed by atoms with van der Waals surface area (Å²) < 4.78 is 24.5. The Morgan fingerprint density at radius 2 is 2.05 bits per heavy atom. The van der Waals surface area contributed by atoms with E-state index in [9.17, 15) is 8.42 Å². The predicted octanol–water partition coefficient (Wildman–Crippen LogP) is 1.04. The first kappa shape index (κ1) is 16.0. The zero-order valence-electron chi connectivity index (χ0n) is 11.9. The van der Waals surface area contributed by atoms with Crippen LogP contribution in [-0.2, 0) is 9.84 Å². The van der Waals surface area contributed by atoms with E-state index >= 15 is 0 Å². The number of aliphatic hydroxyl groups excluding tert-OH is 1. The SMILES string of the molecule is N#Cc1ccc(S(=O)(=O)CCN2CCC(CCO)C2)cc1. The number of benzene rings is 1. The molecule has 1 heterocycles. The molecule has 1 atom stereocenters. The van der Waals surface area contributed by atoms with Crippen LogP contribution in [0.1, 0.15) is 18.4 Å². The van der Waals surface area contributed by atoms with Gasteiger partial charge in [0.25, 0.3) is 0 Å². The third kappa shape index (κ3) is 4.27. The van der Waals surface area contributed by atoms with Gasteiger partial charge in [0.15, 0.2) is 9.84 Å². The molecule has 0 amide bonds. The topological polar surface area (TPSA) is 81.4 Å². The van der Waals surface area contributed by atoms with Crippen molar-refractivity contribution >= 4 is 9.84 Å². The van der Waals surface area contributed by atoms with Crippen molar-refractivity contribution in [1.82, 2.24) is 4.90 Å². The van der Waals surface area contributed by atoms with Gasteiger partial charge in [-0.3, -0.25) is 0 Å². The van der Waals surface area contributed by atoms with Crippen molar-refractivity contribution in [2.45, 2.75) is 17.7 Å². The normalized spacial score (nSPS) is 19.5. The Morgan fingerprint density at radius 1 is 1.33 bits per heavy atom. The van der Waals surface area contributed by atoms with Crippen molar-refractivity contribution in [1.29, 1.82) is 5.26 Å². The number of nitrogens with zero attached hydrogens (tertiary/aromatic N) is 2. The van der Waals surface area contributed by atoms with Gasteiger partial charge in [-0.1, -0.05) is 0 Å². The molecule has 1 aromatic carbocycles. The van der Waals surface area contributed by atoms with E-state index < -0.39 is 9.84 Å². The first-order valence-electron chi connectivity index (χ1n) is 7.11. The van der Waals surface area contributed by atoms with Crippen LogP contribution in [0.15, 0.2) is 29.2 Å². The molecule has 1 fully saturated rings. The van der Waals surface area contributed by atoms with Crippen LogP contribution >= 0.6 is 0 Å². The fourth-order valence-electron chi connectivity index (χ4n) is 2.64. The molecule has 114 valence electrons. The molecule has 1 aliphatic rings. The molecule has 6 heteroatoms. The summed E-state index contributed by atoms with van der Waals surface area (Å²) >= 11 is 0. The second-order valence-electron chi connectivity index (χ2n) is 5.42. The minimum Gasteiger partial charge on any atom is -0.396 e. The summed E-state index contributed by atoms with van der Waals surface area (Å²) in [5, 5.41) is 17.6. The molecule has 1 aliphatic heterocycles. The number of nitriles is 1. The van der Waals surface area contributed by atoms with E-state index in [-0.39, 0.29) is 17.3 Å². The number of hydrogen-bond acceptors (Lipinski definition) is 5. The highest BCUT2D eigenvalue weighted by atomic mass is 32.2. The molecule has 0 aliphatic carbocycles. The number of rotatable bonds is 6. The predicted molar refractivity (Wildman–Crippen MR) is 79.5 cm³/mol. The Bertz CT molecular complexity index is 605. The summed E-state index contributed by atoms with van der Waals surface area (Å²) in [6.07, 6.45) is 1.82. The summed E-state index contributed by atoms with van der Waals surface area (Å²) in [6.45, 7) is 2.48. The lowest BCUT2D eigenvalue weighted by atomic mass is 10.1. The maximum absolute atomic E-state index is 12.2. The monoisotopic (exact) mass is 308 g/mol. The van der Waals surface area contributed by atoms with Crippen molar-refractivity contribution in [3.63, 3.8) is 0 Å². The van der Waals surface area contributed by atoms with Gasteiger partial charge in [0.2, 0.25) is 0 Å². The van der Waals surface area contributed by atoms with Crippen molar-refractivity contribution in [3.05, 3.63) is 29.8 Å². The highest BCUT2D eigenvalue weighted by molar-refractivity contribution is 7.91. The van der Waals surface area contributed by atoms with Crippen LogP contribution in [-0.4, -0.2) is 50.4 Å². The Labute approximate surface area is 125 Å². The molecule has 5 nitrogen and oxygen atoms in total. The molecule has 1 aromatic rings. The lowest BCUT2D eigenvalue weighted by molar-refractivity contribution is 0.253. The van der Waals surface area contributed by atoms with Crippen molar-refractivity contribution < 1.29 is 13.5 Å². The van der Waals surface area contributed by atoms with Gasteiger partial charge in [0.1, 0.15) is 0 Å². The highest BCUT2D eigenvalue weighted by Gasteiger charge is 2.24. The van der Waals surface area contributed by atoms with E-state index in [1.54, 1.807) is 0 Å². The van der Waals surface area contributed by atoms with Gasteiger partial charge in [-0.2, -0.15) is 5.26 Å². The fraction of sp³-hybridized carbons (Fsp3) is 0.533. The molecule has 21 heavy (non-hydrogen) atoms. The van der Waals surface area contributed by atoms with Gasteiger partial charge in [-0.05, 0) is 49.6 Å². The first-order chi connectivity index (χ1) is 10.0. The van der Waals surface area contributed by atoms with Gasteiger partial charge < -0.3 is 10.0 Å². The Kier molecular flexibility index (Phi) is 5.34. The molecule has 0 bridgehead atoms. The lowest BCUT2D eigenvalue weighted by Crippen LogP contribution is -2.27. The maximum Gasteiger partial charge on any atom is 0.179 e. The van der Waals surface area contributed by atoms with E-state index in [0.29, 0.717) is 18.0 Å². The van der Waals surface area contributed by atoms with Crippen LogP contribution in [0.3, 0.4) is 0 Å². The van der Waals surface area contributed by atoms with Gasteiger partial charge in [-0.25, -0.2) is 8.42 Å². The molecule has 0 spiro atoms. The molecule has 0 saturated carbocycles. The molecule has 1 saturated heterocycles. The van der Waals surface area contributed by atoms with Gasteiger partial charge >= 0.3 is 0 Å². The van der Waals surface area contributed by atoms with Crippen LogP contribution in [0.4, 0.5) is 0 Å². The van der Waals surface area contributed by atoms with Crippen LogP contribution < -0.4 is 0 Å². The smallest absolute Gasteiger partial charge is 0.179 e. The largest absolute Gasteiger partial charge is 0.396 e. The van der Waals surface area contributed by atoms with Gasteiger partial charge in [0, 0.05) is 19.7 Å².